The molecule has 0 aromatic heterocycles. The van der Waals surface area contributed by atoms with Crippen LogP contribution in [0.15, 0.2) is 29.4 Å². The number of nitrogens with one attached hydrogen (secondary N) is 1. The van der Waals surface area contributed by atoms with E-state index in [1.807, 2.05) is 0 Å². The van der Waals surface area contributed by atoms with Crippen LogP contribution in [-0.4, -0.2) is 17.2 Å². The number of phenols is 1. The molecule has 1 aromatic rings. The maximum absolute atomic E-state index is 11.5. The predicted octanol–water partition coefficient (Wildman–Crippen LogP) is 3.20. The molecule has 0 aliphatic heterocycles. The highest BCUT2D eigenvalue weighted by Gasteiger charge is 1.98. The van der Waals surface area contributed by atoms with Gasteiger partial charge in [0.25, 0.3) is 0 Å². The number of nitrogens with zero attached hydrogens (tertiary/aromatic N) is 1. The summed E-state index contributed by atoms with van der Waals surface area (Å²) < 4.78 is 0. The van der Waals surface area contributed by atoms with Crippen LogP contribution in [0.3, 0.4) is 0 Å². The van der Waals surface area contributed by atoms with Crippen LogP contribution in [0.4, 0.5) is 0 Å². The van der Waals surface area contributed by atoms with E-state index >= 15 is 0 Å². The van der Waals surface area contributed by atoms with E-state index in [1.165, 1.54) is 19.3 Å². The Kier molecular flexibility index (Phi) is 7.32. The highest BCUT2D eigenvalue weighted by Crippen LogP contribution is 2.07. The maximum atomic E-state index is 11.5. The molecule has 0 fully saturated rings. The van der Waals surface area contributed by atoms with Gasteiger partial charge in [0.15, 0.2) is 0 Å². The fourth-order valence-corrected chi connectivity index (χ4v) is 1.68. The van der Waals surface area contributed by atoms with E-state index in [0.29, 0.717) is 6.42 Å². The zero-order chi connectivity index (χ0) is 13.9. The zero-order valence-corrected chi connectivity index (χ0v) is 11.4. The Hall–Kier alpha value is -1.84. The first-order valence-corrected chi connectivity index (χ1v) is 6.83. The van der Waals surface area contributed by atoms with Crippen molar-refractivity contribution in [2.24, 2.45) is 5.10 Å². The van der Waals surface area contributed by atoms with Gasteiger partial charge in [0.05, 0.1) is 6.21 Å². The van der Waals surface area contributed by atoms with E-state index in [1.54, 1.807) is 30.5 Å². The van der Waals surface area contributed by atoms with Gasteiger partial charge in [-0.2, -0.15) is 5.10 Å². The number of rotatable bonds is 8. The Balaban J connectivity index is 2.17. The van der Waals surface area contributed by atoms with Gasteiger partial charge in [-0.25, -0.2) is 5.43 Å². The van der Waals surface area contributed by atoms with Gasteiger partial charge in [0, 0.05) is 6.42 Å². The molecular weight excluding hydrogens is 240 g/mol. The van der Waals surface area contributed by atoms with E-state index in [4.69, 9.17) is 5.11 Å². The molecule has 0 aliphatic carbocycles. The summed E-state index contributed by atoms with van der Waals surface area (Å²) in [6, 6.07) is 6.62. The van der Waals surface area contributed by atoms with Crippen molar-refractivity contribution in [3.63, 3.8) is 0 Å². The second-order valence-electron chi connectivity index (χ2n) is 4.55. The van der Waals surface area contributed by atoms with Gasteiger partial charge >= 0.3 is 0 Å². The summed E-state index contributed by atoms with van der Waals surface area (Å²) in [5.74, 6) is 0.166. The number of amides is 1. The molecule has 1 amide bonds. The van der Waals surface area contributed by atoms with Crippen molar-refractivity contribution in [2.75, 3.05) is 0 Å². The molecule has 2 N–H and O–H groups in total. The number of aromatic hydroxyl groups is 1. The molecule has 0 unspecified atom stereocenters. The van der Waals surface area contributed by atoms with Crippen LogP contribution >= 0.6 is 0 Å². The van der Waals surface area contributed by atoms with Crippen LogP contribution in [-0.2, 0) is 4.79 Å². The molecular formula is C15H22N2O2. The summed E-state index contributed by atoms with van der Waals surface area (Å²) in [4.78, 5) is 11.5. The fourth-order valence-electron chi connectivity index (χ4n) is 1.68. The van der Waals surface area contributed by atoms with E-state index in [0.717, 1.165) is 18.4 Å². The Labute approximate surface area is 114 Å². The van der Waals surface area contributed by atoms with Crippen LogP contribution in [0.5, 0.6) is 5.75 Å². The Bertz CT molecular complexity index is 399. The number of carbonyl (C=O) groups excluding carboxylic acids is 1. The van der Waals surface area contributed by atoms with E-state index < -0.39 is 0 Å². The van der Waals surface area contributed by atoms with Gasteiger partial charge in [0.1, 0.15) is 5.75 Å². The highest BCUT2D eigenvalue weighted by atomic mass is 16.3. The van der Waals surface area contributed by atoms with E-state index in [-0.39, 0.29) is 11.7 Å². The molecule has 4 nitrogen and oxygen atoms in total. The predicted molar refractivity (Wildman–Crippen MR) is 77.2 cm³/mol. The summed E-state index contributed by atoms with van der Waals surface area (Å²) in [7, 11) is 0. The summed E-state index contributed by atoms with van der Waals surface area (Å²) in [5, 5.41) is 13.0. The minimum absolute atomic E-state index is 0.0495. The van der Waals surface area contributed by atoms with Crippen molar-refractivity contribution in [3.05, 3.63) is 29.8 Å². The normalized spacial score (nSPS) is 10.8. The summed E-state index contributed by atoms with van der Waals surface area (Å²) in [5.41, 5.74) is 3.34. The smallest absolute Gasteiger partial charge is 0.240 e. The monoisotopic (exact) mass is 262 g/mol. The quantitative estimate of drug-likeness (QED) is 0.429. The lowest BCUT2D eigenvalue weighted by Gasteiger charge is -2.00. The molecule has 104 valence electrons. The lowest BCUT2D eigenvalue weighted by molar-refractivity contribution is -0.121. The molecule has 0 aliphatic rings. The molecule has 19 heavy (non-hydrogen) atoms. The molecule has 0 bridgehead atoms. The molecule has 0 heterocycles. The van der Waals surface area contributed by atoms with Crippen LogP contribution in [0, 0.1) is 0 Å². The molecule has 0 atom stereocenters. The van der Waals surface area contributed by atoms with Gasteiger partial charge < -0.3 is 5.11 Å². The summed E-state index contributed by atoms with van der Waals surface area (Å²) >= 11 is 0. The van der Waals surface area contributed by atoms with Gasteiger partial charge in [-0.3, -0.25) is 4.79 Å². The number of hydrazone groups is 1. The number of carbonyl (C=O) groups is 1. The molecule has 0 spiro atoms. The Morgan fingerprint density at radius 3 is 2.58 bits per heavy atom. The average Bonchev–Trinajstić information content (AvgIpc) is 2.41. The topological polar surface area (TPSA) is 61.7 Å². The van der Waals surface area contributed by atoms with Gasteiger partial charge in [0.2, 0.25) is 5.91 Å². The number of hydrogen-bond donors (Lipinski definition) is 2. The first kappa shape index (κ1) is 15.2. The third-order valence-corrected chi connectivity index (χ3v) is 2.80. The molecule has 0 saturated carbocycles. The lowest BCUT2D eigenvalue weighted by Crippen LogP contribution is -2.16. The standard InChI is InChI=1S/C15H22N2O2/c1-2-3-4-5-6-7-15(19)17-16-12-13-8-10-14(18)11-9-13/h8-12,18H,2-7H2,1H3,(H,17,19)/b16-12+. The SMILES string of the molecule is CCCCCCCC(=O)N/N=C/c1ccc(O)cc1. The summed E-state index contributed by atoms with van der Waals surface area (Å²) in [6.45, 7) is 2.17. The number of phenolic OH excluding ortho intramolecular Hbond substituents is 1. The molecule has 1 aromatic carbocycles. The molecule has 0 saturated heterocycles. The van der Waals surface area contributed by atoms with Crippen molar-refractivity contribution >= 4 is 12.1 Å². The lowest BCUT2D eigenvalue weighted by atomic mass is 10.1. The third-order valence-electron chi connectivity index (χ3n) is 2.80. The largest absolute Gasteiger partial charge is 0.508 e. The Morgan fingerprint density at radius 2 is 1.89 bits per heavy atom. The van der Waals surface area contributed by atoms with Crippen molar-refractivity contribution in [1.82, 2.24) is 5.43 Å². The molecule has 4 heteroatoms. The first-order chi connectivity index (χ1) is 9.22. The number of unbranched alkanes of at least 4 members (excludes halogenated alkanes) is 4. The van der Waals surface area contributed by atoms with Crippen LogP contribution < -0.4 is 5.43 Å². The van der Waals surface area contributed by atoms with E-state index in [9.17, 15) is 4.79 Å². The number of benzene rings is 1. The van der Waals surface area contributed by atoms with Crippen LogP contribution in [0.25, 0.3) is 0 Å². The second-order valence-corrected chi connectivity index (χ2v) is 4.55. The van der Waals surface area contributed by atoms with Crippen molar-refractivity contribution < 1.29 is 9.90 Å². The first-order valence-electron chi connectivity index (χ1n) is 6.83. The zero-order valence-electron chi connectivity index (χ0n) is 11.4. The second kappa shape index (κ2) is 9.14. The van der Waals surface area contributed by atoms with Crippen LogP contribution in [0.2, 0.25) is 0 Å². The number of hydrogen-bond acceptors (Lipinski definition) is 3. The minimum Gasteiger partial charge on any atom is -0.508 e. The molecule has 1 rings (SSSR count). The van der Waals surface area contributed by atoms with Gasteiger partial charge in [-0.1, -0.05) is 32.6 Å². The Morgan fingerprint density at radius 1 is 1.21 bits per heavy atom. The fraction of sp³-hybridized carbons (Fsp3) is 0.467. The van der Waals surface area contributed by atoms with Crippen molar-refractivity contribution in [3.8, 4) is 5.75 Å². The minimum atomic E-state index is -0.0495. The van der Waals surface area contributed by atoms with Crippen molar-refractivity contribution in [1.29, 1.82) is 0 Å². The van der Waals surface area contributed by atoms with Gasteiger partial charge in [-0.05, 0) is 36.2 Å². The average molecular weight is 262 g/mol. The maximum Gasteiger partial charge on any atom is 0.240 e. The molecule has 0 radical (unpaired) electrons. The highest BCUT2D eigenvalue weighted by molar-refractivity contribution is 5.82. The summed E-state index contributed by atoms with van der Waals surface area (Å²) in [6.07, 6.45) is 7.75. The van der Waals surface area contributed by atoms with Crippen molar-refractivity contribution in [2.45, 2.75) is 45.4 Å². The van der Waals surface area contributed by atoms with E-state index in [2.05, 4.69) is 17.5 Å². The third kappa shape index (κ3) is 7.24. The van der Waals surface area contributed by atoms with Crippen LogP contribution in [0.1, 0.15) is 51.0 Å². The van der Waals surface area contributed by atoms with Gasteiger partial charge in [-0.15, -0.1) is 0 Å².